The zero-order valence-electron chi connectivity index (χ0n) is 13.6. The van der Waals surface area contributed by atoms with Crippen LogP contribution < -0.4 is 10.5 Å². The molecule has 4 nitrogen and oxygen atoms in total. The van der Waals surface area contributed by atoms with E-state index in [9.17, 15) is 0 Å². The minimum Gasteiger partial charge on any atom is -0.496 e. The Bertz CT molecular complexity index is 616. The summed E-state index contributed by atoms with van der Waals surface area (Å²) in [6.07, 6.45) is 0.981. The van der Waals surface area contributed by atoms with Gasteiger partial charge in [0.05, 0.1) is 18.8 Å². The molecule has 2 atom stereocenters. The predicted molar refractivity (Wildman–Crippen MR) is 85.9 cm³/mol. The van der Waals surface area contributed by atoms with Crippen LogP contribution in [0.25, 0.3) is 0 Å². The van der Waals surface area contributed by atoms with E-state index in [1.165, 1.54) is 11.3 Å². The minimum absolute atomic E-state index is 0.0276. The summed E-state index contributed by atoms with van der Waals surface area (Å²) in [5, 5.41) is 4.74. The number of aryl methyl sites for hydroxylation is 1. The van der Waals surface area contributed by atoms with E-state index in [0.717, 1.165) is 23.4 Å². The number of nitrogens with two attached hydrogens (primary N) is 1. The fraction of sp³-hybridized carbons (Fsp3) is 0.471. The number of nitrogens with zero attached hydrogens (tertiary/aromatic N) is 2. The monoisotopic (exact) mass is 287 g/mol. The van der Waals surface area contributed by atoms with Gasteiger partial charge in [-0.2, -0.15) is 5.10 Å². The second-order valence-corrected chi connectivity index (χ2v) is 5.49. The lowest BCUT2D eigenvalue weighted by Crippen LogP contribution is -2.32. The summed E-state index contributed by atoms with van der Waals surface area (Å²) in [4.78, 5) is 0. The number of benzene rings is 1. The zero-order valence-corrected chi connectivity index (χ0v) is 13.6. The highest BCUT2D eigenvalue weighted by Crippen LogP contribution is 2.31. The molecule has 0 aliphatic rings. The summed E-state index contributed by atoms with van der Waals surface area (Å²) >= 11 is 0. The summed E-state index contributed by atoms with van der Waals surface area (Å²) in [6.45, 7) is 8.34. The average Bonchev–Trinajstić information content (AvgIpc) is 2.74. The van der Waals surface area contributed by atoms with Crippen molar-refractivity contribution in [3.8, 4) is 5.75 Å². The Morgan fingerprint density at radius 1 is 1.29 bits per heavy atom. The topological polar surface area (TPSA) is 53.1 Å². The molecule has 2 N–H and O–H groups in total. The summed E-state index contributed by atoms with van der Waals surface area (Å²) in [7, 11) is 1.69. The first kappa shape index (κ1) is 15.6. The van der Waals surface area contributed by atoms with E-state index in [0.29, 0.717) is 0 Å². The van der Waals surface area contributed by atoms with Crippen molar-refractivity contribution in [2.45, 2.75) is 46.2 Å². The lowest BCUT2D eigenvalue weighted by molar-refractivity contribution is 0.382. The van der Waals surface area contributed by atoms with Gasteiger partial charge in [0, 0.05) is 17.3 Å². The molecule has 0 bridgehead atoms. The van der Waals surface area contributed by atoms with Crippen molar-refractivity contribution in [2.75, 3.05) is 7.11 Å². The third-order valence-corrected chi connectivity index (χ3v) is 4.05. The fourth-order valence-corrected chi connectivity index (χ4v) is 3.03. The Kier molecular flexibility index (Phi) is 4.68. The van der Waals surface area contributed by atoms with Gasteiger partial charge in [0.25, 0.3) is 0 Å². The van der Waals surface area contributed by atoms with E-state index in [-0.39, 0.29) is 12.1 Å². The van der Waals surface area contributed by atoms with Crippen molar-refractivity contribution in [3.05, 3.63) is 46.8 Å². The molecule has 2 unspecified atom stereocenters. The maximum absolute atomic E-state index is 6.28. The van der Waals surface area contributed by atoms with Crippen LogP contribution in [0.3, 0.4) is 0 Å². The number of para-hydroxylation sites is 1. The van der Waals surface area contributed by atoms with E-state index in [4.69, 9.17) is 15.6 Å². The first-order chi connectivity index (χ1) is 10.0. The molecule has 2 aromatic rings. The molecule has 114 valence electrons. The molecule has 1 heterocycles. The Morgan fingerprint density at radius 2 is 1.95 bits per heavy atom. The molecule has 0 aliphatic carbocycles. The highest BCUT2D eigenvalue weighted by molar-refractivity contribution is 5.38. The molecule has 0 radical (unpaired) electrons. The van der Waals surface area contributed by atoms with Crippen LogP contribution in [-0.2, 0) is 6.42 Å². The van der Waals surface area contributed by atoms with Crippen molar-refractivity contribution < 1.29 is 4.74 Å². The van der Waals surface area contributed by atoms with E-state index in [1.807, 2.05) is 25.1 Å². The molecule has 1 aromatic heterocycles. The average molecular weight is 287 g/mol. The number of rotatable bonds is 5. The van der Waals surface area contributed by atoms with E-state index < -0.39 is 0 Å². The van der Waals surface area contributed by atoms with Crippen molar-refractivity contribution in [1.29, 1.82) is 0 Å². The Labute approximate surface area is 126 Å². The highest BCUT2D eigenvalue weighted by Gasteiger charge is 2.25. The molecule has 21 heavy (non-hydrogen) atoms. The van der Waals surface area contributed by atoms with Gasteiger partial charge in [0.2, 0.25) is 0 Å². The van der Waals surface area contributed by atoms with Crippen LogP contribution in [0.2, 0.25) is 0 Å². The SMILES string of the molecule is CCc1c(C)nn(C(c2ccccc2OC)C(C)N)c1C. The summed E-state index contributed by atoms with van der Waals surface area (Å²) in [5.41, 5.74) is 10.9. The van der Waals surface area contributed by atoms with Crippen LogP contribution in [0.1, 0.15) is 42.4 Å². The van der Waals surface area contributed by atoms with Crippen molar-refractivity contribution in [1.82, 2.24) is 9.78 Å². The maximum Gasteiger partial charge on any atom is 0.124 e. The highest BCUT2D eigenvalue weighted by atomic mass is 16.5. The molecule has 1 aromatic carbocycles. The number of hydrogen-bond donors (Lipinski definition) is 1. The summed E-state index contributed by atoms with van der Waals surface area (Å²) in [6, 6.07) is 7.93. The number of hydrogen-bond acceptors (Lipinski definition) is 3. The van der Waals surface area contributed by atoms with E-state index >= 15 is 0 Å². The molecule has 0 saturated carbocycles. The van der Waals surface area contributed by atoms with Gasteiger partial charge >= 0.3 is 0 Å². The lowest BCUT2D eigenvalue weighted by Gasteiger charge is -2.25. The third-order valence-electron chi connectivity index (χ3n) is 4.05. The predicted octanol–water partition coefficient (Wildman–Crippen LogP) is 3.01. The van der Waals surface area contributed by atoms with Gasteiger partial charge in [0.1, 0.15) is 5.75 Å². The van der Waals surface area contributed by atoms with Crippen LogP contribution in [-0.4, -0.2) is 22.9 Å². The Hall–Kier alpha value is -1.81. The standard InChI is InChI=1S/C17H25N3O/c1-6-14-12(3)19-20(13(14)4)17(11(2)18)15-9-7-8-10-16(15)21-5/h7-11,17H,6,18H2,1-5H3. The van der Waals surface area contributed by atoms with Crippen LogP contribution in [0.5, 0.6) is 5.75 Å². The summed E-state index contributed by atoms with van der Waals surface area (Å²) < 4.78 is 7.56. The van der Waals surface area contributed by atoms with Gasteiger partial charge in [-0.3, -0.25) is 4.68 Å². The van der Waals surface area contributed by atoms with Crippen LogP contribution in [0, 0.1) is 13.8 Å². The fourth-order valence-electron chi connectivity index (χ4n) is 3.03. The molecule has 4 heteroatoms. The smallest absolute Gasteiger partial charge is 0.124 e. The molecule has 0 spiro atoms. The number of ether oxygens (including phenoxy) is 1. The zero-order chi connectivity index (χ0) is 15.6. The van der Waals surface area contributed by atoms with Crippen molar-refractivity contribution in [3.63, 3.8) is 0 Å². The van der Waals surface area contributed by atoms with Gasteiger partial charge in [0.15, 0.2) is 0 Å². The van der Waals surface area contributed by atoms with E-state index in [2.05, 4.69) is 31.5 Å². The second-order valence-electron chi connectivity index (χ2n) is 5.49. The number of methoxy groups -OCH3 is 1. The quantitative estimate of drug-likeness (QED) is 0.919. The van der Waals surface area contributed by atoms with Crippen LogP contribution in [0.4, 0.5) is 0 Å². The summed E-state index contributed by atoms with van der Waals surface area (Å²) in [5.74, 6) is 0.852. The molecule has 0 saturated heterocycles. The first-order valence-electron chi connectivity index (χ1n) is 7.44. The number of aromatic nitrogens is 2. The van der Waals surface area contributed by atoms with Crippen molar-refractivity contribution in [2.24, 2.45) is 5.73 Å². The van der Waals surface area contributed by atoms with Crippen LogP contribution in [0.15, 0.2) is 24.3 Å². The maximum atomic E-state index is 6.28. The normalized spacial score (nSPS) is 14.0. The van der Waals surface area contributed by atoms with Crippen LogP contribution >= 0.6 is 0 Å². The Balaban J connectivity index is 2.60. The third kappa shape index (κ3) is 2.81. The molecule has 2 rings (SSSR count). The van der Waals surface area contributed by atoms with Gasteiger partial charge in [-0.1, -0.05) is 25.1 Å². The van der Waals surface area contributed by atoms with Gasteiger partial charge < -0.3 is 10.5 Å². The van der Waals surface area contributed by atoms with Gasteiger partial charge in [-0.25, -0.2) is 0 Å². The lowest BCUT2D eigenvalue weighted by atomic mass is 9.99. The minimum atomic E-state index is -0.0657. The van der Waals surface area contributed by atoms with Crippen molar-refractivity contribution >= 4 is 0 Å². The Morgan fingerprint density at radius 3 is 2.48 bits per heavy atom. The largest absolute Gasteiger partial charge is 0.496 e. The van der Waals surface area contributed by atoms with E-state index in [1.54, 1.807) is 7.11 Å². The molecule has 0 aliphatic heterocycles. The second kappa shape index (κ2) is 6.31. The molecular weight excluding hydrogens is 262 g/mol. The molecule has 0 fully saturated rings. The first-order valence-corrected chi connectivity index (χ1v) is 7.44. The van der Waals surface area contributed by atoms with Gasteiger partial charge in [-0.15, -0.1) is 0 Å². The van der Waals surface area contributed by atoms with Gasteiger partial charge in [-0.05, 0) is 38.8 Å². The molecular formula is C17H25N3O. The molecule has 0 amide bonds.